The molecule has 0 bridgehead atoms. The van der Waals surface area contributed by atoms with Crippen LogP contribution in [0.5, 0.6) is 0 Å². The Bertz CT molecular complexity index is 988. The number of piperidine rings is 1. The Kier molecular flexibility index (Phi) is 4.21. The van der Waals surface area contributed by atoms with Crippen LogP contribution in [-0.4, -0.2) is 34.6 Å². The number of fused-ring (bicyclic) bond motifs is 1. The topological polar surface area (TPSA) is 38.1 Å². The van der Waals surface area contributed by atoms with Crippen molar-refractivity contribution in [2.45, 2.75) is 32.7 Å². The monoisotopic (exact) mass is 353 g/mol. The number of nitrogens with zero attached hydrogens (tertiary/aromatic N) is 3. The maximum Gasteiger partial charge on any atom is 0.263 e. The predicted octanol–water partition coefficient (Wildman–Crippen LogP) is 4.01. The smallest absolute Gasteiger partial charge is 0.263 e. The summed E-state index contributed by atoms with van der Waals surface area (Å²) in [6, 6.07) is 6.62. The lowest BCUT2D eigenvalue weighted by Crippen LogP contribution is -2.37. The number of benzene rings is 1. The number of hydrogen-bond acceptors (Lipinski definition) is 4. The first kappa shape index (κ1) is 16.5. The van der Waals surface area contributed by atoms with E-state index in [1.165, 1.54) is 11.1 Å². The number of aryl methyl sites for hydroxylation is 2. The van der Waals surface area contributed by atoms with Gasteiger partial charge in [0.2, 0.25) is 0 Å². The maximum atomic E-state index is 13.3. The molecule has 0 amide bonds. The lowest BCUT2D eigenvalue weighted by molar-refractivity contribution is 0.209. The average Bonchev–Trinajstić information content (AvgIpc) is 3.02. The first-order valence-electron chi connectivity index (χ1n) is 8.79. The summed E-state index contributed by atoms with van der Waals surface area (Å²) in [5, 5.41) is 2.85. The highest BCUT2D eigenvalue weighted by molar-refractivity contribution is 7.17. The van der Waals surface area contributed by atoms with Gasteiger partial charge < -0.3 is 4.90 Å². The van der Waals surface area contributed by atoms with Gasteiger partial charge in [-0.1, -0.05) is 23.8 Å². The third kappa shape index (κ3) is 2.92. The maximum absolute atomic E-state index is 13.3. The molecule has 1 aliphatic heterocycles. The normalized spacial score (nSPS) is 18.8. The molecule has 4 nitrogen and oxygen atoms in total. The quantitative estimate of drug-likeness (QED) is 0.699. The zero-order valence-corrected chi connectivity index (χ0v) is 15.8. The van der Waals surface area contributed by atoms with Gasteiger partial charge in [0, 0.05) is 17.5 Å². The van der Waals surface area contributed by atoms with Crippen molar-refractivity contribution in [2.24, 2.45) is 0 Å². The third-order valence-electron chi connectivity index (χ3n) is 5.20. The van der Waals surface area contributed by atoms with Crippen molar-refractivity contribution in [3.63, 3.8) is 0 Å². The highest BCUT2D eigenvalue weighted by Crippen LogP contribution is 2.33. The molecule has 3 heterocycles. The van der Waals surface area contributed by atoms with Gasteiger partial charge in [0.25, 0.3) is 5.56 Å². The molecule has 25 heavy (non-hydrogen) atoms. The Morgan fingerprint density at radius 1 is 1.24 bits per heavy atom. The van der Waals surface area contributed by atoms with Crippen LogP contribution in [0.25, 0.3) is 21.3 Å². The Morgan fingerprint density at radius 3 is 2.88 bits per heavy atom. The van der Waals surface area contributed by atoms with Crippen LogP contribution in [0.1, 0.15) is 30.0 Å². The molecule has 0 spiro atoms. The molecule has 1 atom stereocenters. The SMILES string of the molecule is Cc1ccc(C)c(-c2csc3ncn(C4CCCN(C)C4)c(=O)c23)c1. The Balaban J connectivity index is 1.89. The van der Waals surface area contributed by atoms with E-state index >= 15 is 0 Å². The third-order valence-corrected chi connectivity index (χ3v) is 6.08. The molecular formula is C20H23N3OS. The summed E-state index contributed by atoms with van der Waals surface area (Å²) in [5.74, 6) is 0. The van der Waals surface area contributed by atoms with Gasteiger partial charge >= 0.3 is 0 Å². The van der Waals surface area contributed by atoms with Gasteiger partial charge in [0.05, 0.1) is 17.8 Å². The minimum Gasteiger partial charge on any atom is -0.304 e. The molecule has 0 radical (unpaired) electrons. The summed E-state index contributed by atoms with van der Waals surface area (Å²) in [6.45, 7) is 6.21. The van der Waals surface area contributed by atoms with E-state index in [4.69, 9.17) is 0 Å². The minimum atomic E-state index is 0.0995. The van der Waals surface area contributed by atoms with Crippen molar-refractivity contribution in [2.75, 3.05) is 20.1 Å². The molecule has 0 N–H and O–H groups in total. The zero-order chi connectivity index (χ0) is 17.6. The second-order valence-corrected chi connectivity index (χ2v) is 8.02. The van der Waals surface area contributed by atoms with Crippen LogP contribution in [0.15, 0.2) is 34.7 Å². The lowest BCUT2D eigenvalue weighted by Gasteiger charge is -2.30. The number of aromatic nitrogens is 2. The van der Waals surface area contributed by atoms with Crippen LogP contribution in [0.4, 0.5) is 0 Å². The number of likely N-dealkylation sites (N-methyl/N-ethyl adjacent to an activating group) is 1. The highest BCUT2D eigenvalue weighted by atomic mass is 32.1. The molecule has 5 heteroatoms. The summed E-state index contributed by atoms with van der Waals surface area (Å²) < 4.78 is 1.86. The molecule has 1 aliphatic rings. The van der Waals surface area contributed by atoms with Crippen molar-refractivity contribution in [1.82, 2.24) is 14.5 Å². The molecule has 0 saturated carbocycles. The lowest BCUT2D eigenvalue weighted by atomic mass is 9.99. The molecule has 4 rings (SSSR count). The number of likely N-dealkylation sites (tertiary alicyclic amines) is 1. The fourth-order valence-corrected chi connectivity index (χ4v) is 4.69. The Hall–Kier alpha value is -1.98. The summed E-state index contributed by atoms with van der Waals surface area (Å²) in [4.78, 5) is 21.0. The second kappa shape index (κ2) is 6.39. The van der Waals surface area contributed by atoms with Crippen molar-refractivity contribution < 1.29 is 0 Å². The van der Waals surface area contributed by atoms with E-state index in [2.05, 4.69) is 54.4 Å². The molecule has 3 aromatic rings. The van der Waals surface area contributed by atoms with Crippen LogP contribution in [0.3, 0.4) is 0 Å². The fourth-order valence-electron chi connectivity index (χ4n) is 3.80. The first-order valence-corrected chi connectivity index (χ1v) is 9.67. The second-order valence-electron chi connectivity index (χ2n) is 7.16. The van der Waals surface area contributed by atoms with Crippen LogP contribution in [0, 0.1) is 13.8 Å². The number of thiophene rings is 1. The van der Waals surface area contributed by atoms with Gasteiger partial charge in [-0.05, 0) is 51.4 Å². The molecule has 1 saturated heterocycles. The average molecular weight is 353 g/mol. The van der Waals surface area contributed by atoms with Gasteiger partial charge in [-0.25, -0.2) is 4.98 Å². The van der Waals surface area contributed by atoms with Crippen molar-refractivity contribution in [3.05, 3.63) is 51.4 Å². The summed E-state index contributed by atoms with van der Waals surface area (Å²) in [5.41, 5.74) is 4.67. The van der Waals surface area contributed by atoms with Gasteiger partial charge in [-0.2, -0.15) is 0 Å². The van der Waals surface area contributed by atoms with Crippen LogP contribution >= 0.6 is 11.3 Å². The van der Waals surface area contributed by atoms with Crippen LogP contribution in [0.2, 0.25) is 0 Å². The van der Waals surface area contributed by atoms with E-state index in [9.17, 15) is 4.79 Å². The standard InChI is InChI=1S/C20H23N3OS/c1-13-6-7-14(2)16(9-13)17-11-25-19-18(17)20(24)23(12-21-19)15-5-4-8-22(3)10-15/h6-7,9,11-12,15H,4-5,8,10H2,1-3H3. The molecule has 2 aromatic heterocycles. The zero-order valence-electron chi connectivity index (χ0n) is 15.0. The first-order chi connectivity index (χ1) is 12.0. The molecule has 1 aromatic carbocycles. The van der Waals surface area contributed by atoms with Gasteiger partial charge in [0.1, 0.15) is 4.83 Å². The summed E-state index contributed by atoms with van der Waals surface area (Å²) >= 11 is 1.56. The van der Waals surface area contributed by atoms with Crippen LogP contribution < -0.4 is 5.56 Å². The van der Waals surface area contributed by atoms with E-state index in [1.807, 2.05) is 4.57 Å². The molecule has 1 unspecified atom stereocenters. The molecule has 1 fully saturated rings. The Morgan fingerprint density at radius 2 is 2.08 bits per heavy atom. The van der Waals surface area contributed by atoms with Crippen molar-refractivity contribution in [3.8, 4) is 11.1 Å². The Labute approximate surface area is 151 Å². The van der Waals surface area contributed by atoms with E-state index in [0.717, 1.165) is 47.3 Å². The van der Waals surface area contributed by atoms with Gasteiger partial charge in [0.15, 0.2) is 0 Å². The van der Waals surface area contributed by atoms with Crippen molar-refractivity contribution >= 4 is 21.6 Å². The fraction of sp³-hybridized carbons (Fsp3) is 0.400. The van der Waals surface area contributed by atoms with Gasteiger partial charge in [-0.15, -0.1) is 11.3 Å². The van der Waals surface area contributed by atoms with E-state index in [1.54, 1.807) is 17.7 Å². The highest BCUT2D eigenvalue weighted by Gasteiger charge is 2.22. The largest absolute Gasteiger partial charge is 0.304 e. The van der Waals surface area contributed by atoms with Crippen LogP contribution in [-0.2, 0) is 0 Å². The van der Waals surface area contributed by atoms with Crippen molar-refractivity contribution in [1.29, 1.82) is 0 Å². The van der Waals surface area contributed by atoms with Gasteiger partial charge in [-0.3, -0.25) is 9.36 Å². The van der Waals surface area contributed by atoms with E-state index in [-0.39, 0.29) is 11.6 Å². The van der Waals surface area contributed by atoms with E-state index < -0.39 is 0 Å². The van der Waals surface area contributed by atoms with E-state index in [0.29, 0.717) is 0 Å². The molecule has 130 valence electrons. The summed E-state index contributed by atoms with van der Waals surface area (Å²) in [7, 11) is 2.12. The molecule has 0 aliphatic carbocycles. The minimum absolute atomic E-state index is 0.0995. The number of rotatable bonds is 2. The number of hydrogen-bond donors (Lipinski definition) is 0. The summed E-state index contributed by atoms with van der Waals surface area (Å²) in [6.07, 6.45) is 3.91. The molecular weight excluding hydrogens is 330 g/mol. The predicted molar refractivity (Wildman–Crippen MR) is 105 cm³/mol.